The van der Waals surface area contributed by atoms with Gasteiger partial charge < -0.3 is 4.74 Å². The summed E-state index contributed by atoms with van der Waals surface area (Å²) in [6.45, 7) is 3.30. The van der Waals surface area contributed by atoms with Crippen molar-refractivity contribution >= 4 is 45.7 Å². The van der Waals surface area contributed by atoms with Crippen LogP contribution >= 0.6 is 11.8 Å². The van der Waals surface area contributed by atoms with E-state index in [1.165, 1.54) is 0 Å². The van der Waals surface area contributed by atoms with Crippen molar-refractivity contribution in [2.75, 3.05) is 6.54 Å². The lowest BCUT2D eigenvalue weighted by molar-refractivity contribution is -0.150. The smallest absolute Gasteiger partial charge is 0.326 e. The fraction of sp³-hybridized carbons (Fsp3) is 0.250. The number of hydrogen-bond donors (Lipinski definition) is 0. The Morgan fingerprint density at radius 1 is 1.19 bits per heavy atom. The molecule has 1 heterocycles. The van der Waals surface area contributed by atoms with Crippen LogP contribution in [0.4, 0.5) is 4.79 Å². The van der Waals surface area contributed by atoms with Crippen molar-refractivity contribution in [2.24, 2.45) is 0 Å². The molecule has 2 aromatic carbocycles. The molecule has 1 fully saturated rings. The van der Waals surface area contributed by atoms with E-state index in [9.17, 15) is 14.4 Å². The molecule has 0 aromatic heterocycles. The lowest BCUT2D eigenvalue weighted by Crippen LogP contribution is -2.35. The minimum Gasteiger partial charge on any atom is -0.461 e. The molecule has 6 heteroatoms. The van der Waals surface area contributed by atoms with Gasteiger partial charge in [-0.25, -0.2) is 0 Å². The number of carbonyl (C=O) groups is 3. The Hall–Kier alpha value is -2.60. The lowest BCUT2D eigenvalue weighted by Gasteiger charge is -2.14. The molecule has 2 aromatic rings. The van der Waals surface area contributed by atoms with Crippen molar-refractivity contribution < 1.29 is 19.1 Å². The summed E-state index contributed by atoms with van der Waals surface area (Å²) in [5.41, 5.74) is 0.857. The number of rotatable bonds is 5. The second kappa shape index (κ2) is 7.74. The molecular weight excluding hydrogens is 350 g/mol. The Morgan fingerprint density at radius 2 is 1.92 bits per heavy atom. The van der Waals surface area contributed by atoms with Crippen molar-refractivity contribution in [2.45, 2.75) is 26.4 Å². The first-order valence-corrected chi connectivity index (χ1v) is 9.24. The van der Waals surface area contributed by atoms with Crippen LogP contribution in [0, 0.1) is 0 Å². The first-order chi connectivity index (χ1) is 12.5. The monoisotopic (exact) mass is 369 g/mol. The predicted octanol–water partition coefficient (Wildman–Crippen LogP) is 4.22. The molecule has 1 aliphatic heterocycles. The molecule has 2 amide bonds. The number of benzene rings is 2. The van der Waals surface area contributed by atoms with Gasteiger partial charge in [-0.3, -0.25) is 19.3 Å². The highest BCUT2D eigenvalue weighted by Crippen LogP contribution is 2.33. The van der Waals surface area contributed by atoms with Crippen LogP contribution < -0.4 is 0 Å². The van der Waals surface area contributed by atoms with E-state index in [1.807, 2.05) is 49.4 Å². The molecule has 5 nitrogen and oxygen atoms in total. The summed E-state index contributed by atoms with van der Waals surface area (Å²) in [5, 5.41) is 1.60. The molecule has 0 radical (unpaired) electrons. The van der Waals surface area contributed by atoms with Gasteiger partial charge in [-0.2, -0.15) is 0 Å². The van der Waals surface area contributed by atoms with Crippen LogP contribution in [-0.4, -0.2) is 34.7 Å². The van der Waals surface area contributed by atoms with Gasteiger partial charge in [-0.15, -0.1) is 0 Å². The quantitative estimate of drug-likeness (QED) is 0.583. The summed E-state index contributed by atoms with van der Waals surface area (Å²) >= 11 is 0.843. The first kappa shape index (κ1) is 18.2. The zero-order valence-corrected chi connectivity index (χ0v) is 15.4. The van der Waals surface area contributed by atoms with Gasteiger partial charge in [0.25, 0.3) is 11.1 Å². The van der Waals surface area contributed by atoms with Crippen molar-refractivity contribution in [1.82, 2.24) is 4.90 Å². The number of esters is 1. The van der Waals surface area contributed by atoms with E-state index in [1.54, 1.807) is 13.0 Å². The zero-order valence-electron chi connectivity index (χ0n) is 14.6. The second-order valence-corrected chi connectivity index (χ2v) is 7.04. The number of amides is 2. The van der Waals surface area contributed by atoms with E-state index in [2.05, 4.69) is 0 Å². The predicted molar refractivity (Wildman–Crippen MR) is 102 cm³/mol. The van der Waals surface area contributed by atoms with Crippen molar-refractivity contribution in [3.05, 3.63) is 52.9 Å². The minimum absolute atomic E-state index is 0.242. The molecule has 0 spiro atoms. The van der Waals surface area contributed by atoms with Crippen molar-refractivity contribution in [1.29, 1.82) is 0 Å². The number of carbonyl (C=O) groups excluding carboxylic acids is 3. The molecular formula is C20H19NO4S. The maximum Gasteiger partial charge on any atom is 0.326 e. The van der Waals surface area contributed by atoms with E-state index in [4.69, 9.17) is 4.74 Å². The number of imide groups is 1. The molecule has 0 saturated carbocycles. The molecule has 3 rings (SSSR count). The number of fused-ring (bicyclic) bond motifs is 1. The largest absolute Gasteiger partial charge is 0.461 e. The van der Waals surface area contributed by atoms with E-state index in [-0.39, 0.29) is 12.6 Å². The van der Waals surface area contributed by atoms with Crippen LogP contribution in [0.1, 0.15) is 25.8 Å². The number of thioether (sulfide) groups is 1. The van der Waals surface area contributed by atoms with Crippen LogP contribution in [0.25, 0.3) is 16.8 Å². The Kier molecular flexibility index (Phi) is 5.42. The van der Waals surface area contributed by atoms with Crippen LogP contribution in [0.5, 0.6) is 0 Å². The van der Waals surface area contributed by atoms with Gasteiger partial charge in [0.2, 0.25) is 0 Å². The van der Waals surface area contributed by atoms with E-state index in [0.29, 0.717) is 11.3 Å². The molecule has 134 valence electrons. The SMILES string of the molecule is CC[C@@H](C)OC(=O)CN1C(=O)S/C(=C/c2cccc3ccccc23)C1=O. The fourth-order valence-corrected chi connectivity index (χ4v) is 3.46. The molecule has 26 heavy (non-hydrogen) atoms. The minimum atomic E-state index is -0.576. The summed E-state index contributed by atoms with van der Waals surface area (Å²) in [5.74, 6) is -1.04. The zero-order chi connectivity index (χ0) is 18.7. The van der Waals surface area contributed by atoms with Gasteiger partial charge in [0, 0.05) is 0 Å². The maximum atomic E-state index is 12.6. The molecule has 0 N–H and O–H groups in total. The average molecular weight is 369 g/mol. The van der Waals surface area contributed by atoms with E-state index >= 15 is 0 Å². The Balaban J connectivity index is 1.82. The van der Waals surface area contributed by atoms with Crippen molar-refractivity contribution in [3.63, 3.8) is 0 Å². The molecule has 0 bridgehead atoms. The van der Waals surface area contributed by atoms with Crippen LogP contribution in [0.15, 0.2) is 47.4 Å². The van der Waals surface area contributed by atoms with Crippen molar-refractivity contribution in [3.8, 4) is 0 Å². The van der Waals surface area contributed by atoms with Gasteiger partial charge in [-0.1, -0.05) is 49.4 Å². The van der Waals surface area contributed by atoms with Gasteiger partial charge >= 0.3 is 5.97 Å². The highest BCUT2D eigenvalue weighted by Gasteiger charge is 2.36. The normalized spacial score (nSPS) is 17.2. The molecule has 0 aliphatic carbocycles. The molecule has 1 atom stereocenters. The maximum absolute atomic E-state index is 12.6. The summed E-state index contributed by atoms with van der Waals surface area (Å²) in [6, 6.07) is 13.6. The van der Waals surface area contributed by atoms with E-state index < -0.39 is 17.1 Å². The summed E-state index contributed by atoms with van der Waals surface area (Å²) in [7, 11) is 0. The topological polar surface area (TPSA) is 63.7 Å². The standard InChI is InChI=1S/C20H19NO4S/c1-3-13(2)25-18(22)12-21-19(23)17(26-20(21)24)11-15-9-6-8-14-7-4-5-10-16(14)15/h4-11,13H,3,12H2,1-2H3/b17-11+/t13-/m1/s1. The first-order valence-electron chi connectivity index (χ1n) is 8.42. The summed E-state index contributed by atoms with van der Waals surface area (Å²) in [6.07, 6.45) is 2.13. The highest BCUT2D eigenvalue weighted by molar-refractivity contribution is 8.18. The Morgan fingerprint density at radius 3 is 2.69 bits per heavy atom. The lowest BCUT2D eigenvalue weighted by atomic mass is 10.0. The molecule has 1 saturated heterocycles. The van der Waals surface area contributed by atoms with Crippen LogP contribution in [0.3, 0.4) is 0 Å². The number of ether oxygens (including phenoxy) is 1. The summed E-state index contributed by atoms with van der Waals surface area (Å²) in [4.78, 5) is 37.9. The van der Waals surface area contributed by atoms with Gasteiger partial charge in [0.1, 0.15) is 6.54 Å². The second-order valence-electron chi connectivity index (χ2n) is 6.04. The molecule has 1 aliphatic rings. The molecule has 0 unspecified atom stereocenters. The summed E-state index contributed by atoms with van der Waals surface area (Å²) < 4.78 is 5.16. The number of hydrogen-bond acceptors (Lipinski definition) is 5. The van der Waals surface area contributed by atoms with Crippen LogP contribution in [0.2, 0.25) is 0 Å². The van der Waals surface area contributed by atoms with Gasteiger partial charge in [0.15, 0.2) is 0 Å². The van der Waals surface area contributed by atoms with Gasteiger partial charge in [-0.05, 0) is 47.5 Å². The third kappa shape index (κ3) is 3.80. The fourth-order valence-electron chi connectivity index (χ4n) is 2.63. The van der Waals surface area contributed by atoms with E-state index in [0.717, 1.165) is 33.0 Å². The Bertz CT molecular complexity index is 900. The van der Waals surface area contributed by atoms with Crippen LogP contribution in [-0.2, 0) is 14.3 Å². The Labute approximate surface area is 156 Å². The highest BCUT2D eigenvalue weighted by atomic mass is 32.2. The average Bonchev–Trinajstić information content (AvgIpc) is 2.89. The third-order valence-corrected chi connectivity index (χ3v) is 5.09. The van der Waals surface area contributed by atoms with Gasteiger partial charge in [0.05, 0.1) is 11.0 Å². The third-order valence-electron chi connectivity index (χ3n) is 4.18. The number of nitrogens with zero attached hydrogens (tertiary/aromatic N) is 1.